The van der Waals surface area contributed by atoms with Gasteiger partial charge in [0.15, 0.2) is 5.82 Å². The van der Waals surface area contributed by atoms with Crippen LogP contribution in [-0.2, 0) is 6.54 Å². The second-order valence-corrected chi connectivity index (χ2v) is 7.87. The van der Waals surface area contributed by atoms with E-state index in [4.69, 9.17) is 9.26 Å². The highest BCUT2D eigenvalue weighted by molar-refractivity contribution is 5.98. The van der Waals surface area contributed by atoms with Crippen LogP contribution < -0.4 is 4.74 Å². The van der Waals surface area contributed by atoms with E-state index in [0.29, 0.717) is 31.3 Å². The second kappa shape index (κ2) is 8.80. The van der Waals surface area contributed by atoms with Crippen molar-refractivity contribution in [2.24, 2.45) is 0 Å². The van der Waals surface area contributed by atoms with E-state index in [0.717, 1.165) is 40.7 Å². The summed E-state index contributed by atoms with van der Waals surface area (Å²) < 4.78 is 10.6. The molecule has 0 bridgehead atoms. The van der Waals surface area contributed by atoms with Crippen molar-refractivity contribution in [1.29, 1.82) is 0 Å². The minimum atomic E-state index is 0.0803. The monoisotopic (exact) mass is 428 g/mol. The first-order chi connectivity index (χ1) is 15.7. The molecule has 0 atom stereocenters. The molecule has 0 aliphatic carbocycles. The molecule has 2 heterocycles. The number of hydrogen-bond donors (Lipinski definition) is 0. The first-order valence-electron chi connectivity index (χ1n) is 10.7. The number of rotatable bonds is 5. The van der Waals surface area contributed by atoms with Gasteiger partial charge in [-0.05, 0) is 47.2 Å². The number of aromatic nitrogens is 2. The van der Waals surface area contributed by atoms with Crippen molar-refractivity contribution in [1.82, 2.24) is 19.9 Å². The number of hydrogen-bond acceptors (Lipinski definition) is 6. The Hall–Kier alpha value is -3.71. The zero-order valence-corrected chi connectivity index (χ0v) is 17.9. The zero-order chi connectivity index (χ0) is 21.9. The van der Waals surface area contributed by atoms with Crippen molar-refractivity contribution in [2.75, 3.05) is 33.3 Å². The normalized spacial score (nSPS) is 14.6. The van der Waals surface area contributed by atoms with E-state index in [2.05, 4.69) is 21.1 Å². The van der Waals surface area contributed by atoms with Crippen molar-refractivity contribution in [3.05, 3.63) is 78.1 Å². The third-order valence-electron chi connectivity index (χ3n) is 5.83. The van der Waals surface area contributed by atoms with E-state index in [1.54, 1.807) is 7.11 Å². The summed E-state index contributed by atoms with van der Waals surface area (Å²) >= 11 is 0. The fourth-order valence-electron chi connectivity index (χ4n) is 3.98. The lowest BCUT2D eigenvalue weighted by Crippen LogP contribution is -2.48. The Morgan fingerprint density at radius 1 is 0.969 bits per heavy atom. The summed E-state index contributed by atoms with van der Waals surface area (Å²) in [7, 11) is 1.63. The van der Waals surface area contributed by atoms with Crippen LogP contribution in [0.25, 0.3) is 22.2 Å². The molecule has 162 valence electrons. The maximum absolute atomic E-state index is 13.0. The zero-order valence-electron chi connectivity index (χ0n) is 17.9. The Morgan fingerprint density at radius 2 is 1.72 bits per heavy atom. The number of fused-ring (bicyclic) bond motifs is 1. The van der Waals surface area contributed by atoms with Crippen molar-refractivity contribution in [3.8, 4) is 17.2 Å². The summed E-state index contributed by atoms with van der Waals surface area (Å²) in [5.74, 6) is 2.00. The van der Waals surface area contributed by atoms with Crippen LogP contribution in [0.2, 0.25) is 0 Å². The van der Waals surface area contributed by atoms with Gasteiger partial charge in [0.2, 0.25) is 0 Å². The molecule has 5 rings (SSSR count). The maximum Gasteiger partial charge on any atom is 0.257 e. The van der Waals surface area contributed by atoms with E-state index >= 15 is 0 Å². The molecule has 0 spiro atoms. The highest BCUT2D eigenvalue weighted by atomic mass is 16.5. The molecule has 7 heteroatoms. The van der Waals surface area contributed by atoms with Gasteiger partial charge in [0.05, 0.1) is 13.7 Å². The van der Waals surface area contributed by atoms with Crippen LogP contribution in [0.5, 0.6) is 5.75 Å². The van der Waals surface area contributed by atoms with Crippen molar-refractivity contribution < 1.29 is 14.1 Å². The minimum Gasteiger partial charge on any atom is -0.497 e. The lowest BCUT2D eigenvalue weighted by Gasteiger charge is -2.34. The molecule has 0 N–H and O–H groups in total. The largest absolute Gasteiger partial charge is 0.497 e. The van der Waals surface area contributed by atoms with Gasteiger partial charge >= 0.3 is 0 Å². The number of carbonyl (C=O) groups is 1. The first-order valence-corrected chi connectivity index (χ1v) is 10.7. The minimum absolute atomic E-state index is 0.0803. The number of benzene rings is 3. The summed E-state index contributed by atoms with van der Waals surface area (Å²) in [6.45, 7) is 3.48. The van der Waals surface area contributed by atoms with E-state index in [9.17, 15) is 4.79 Å². The molecular weight excluding hydrogens is 404 g/mol. The number of piperazine rings is 1. The molecule has 1 aliphatic rings. The van der Waals surface area contributed by atoms with Gasteiger partial charge in [-0.3, -0.25) is 9.69 Å². The van der Waals surface area contributed by atoms with Crippen LogP contribution in [-0.4, -0.2) is 59.1 Å². The predicted molar refractivity (Wildman–Crippen MR) is 121 cm³/mol. The molecule has 1 aromatic heterocycles. The van der Waals surface area contributed by atoms with E-state index in [-0.39, 0.29) is 5.91 Å². The molecule has 0 saturated carbocycles. The van der Waals surface area contributed by atoms with Gasteiger partial charge in [-0.25, -0.2) is 0 Å². The average molecular weight is 428 g/mol. The van der Waals surface area contributed by atoms with Gasteiger partial charge in [-0.1, -0.05) is 35.5 Å². The van der Waals surface area contributed by atoms with Gasteiger partial charge < -0.3 is 14.2 Å². The molecule has 1 aliphatic heterocycles. The van der Waals surface area contributed by atoms with Gasteiger partial charge in [0.1, 0.15) is 5.75 Å². The average Bonchev–Trinajstić information content (AvgIpc) is 3.32. The molecule has 1 amide bonds. The Morgan fingerprint density at radius 3 is 2.47 bits per heavy atom. The third kappa shape index (κ3) is 4.20. The summed E-state index contributed by atoms with van der Waals surface area (Å²) in [5.41, 5.74) is 1.59. The Labute approximate surface area is 186 Å². The summed E-state index contributed by atoms with van der Waals surface area (Å²) in [6.07, 6.45) is 0. The van der Waals surface area contributed by atoms with Gasteiger partial charge in [-0.15, -0.1) is 0 Å². The highest BCUT2D eigenvalue weighted by Gasteiger charge is 2.23. The summed E-state index contributed by atoms with van der Waals surface area (Å²) in [5, 5.41) is 6.35. The molecule has 1 fully saturated rings. The SMILES string of the molecule is COc1ccc(-c2nc(CN3CCN(C(=O)c4ccc5ccccc5c4)CC3)no2)cc1. The van der Waals surface area contributed by atoms with E-state index < -0.39 is 0 Å². The summed E-state index contributed by atoms with van der Waals surface area (Å²) in [4.78, 5) is 21.7. The number of carbonyl (C=O) groups excluding carboxylic acids is 1. The second-order valence-electron chi connectivity index (χ2n) is 7.87. The molecule has 7 nitrogen and oxygen atoms in total. The Bertz CT molecular complexity index is 1230. The molecule has 3 aromatic carbocycles. The van der Waals surface area contributed by atoms with E-state index in [1.165, 1.54) is 0 Å². The number of methoxy groups -OCH3 is 1. The maximum atomic E-state index is 13.0. The fourth-order valence-corrected chi connectivity index (χ4v) is 3.98. The van der Waals surface area contributed by atoms with Crippen LogP contribution in [0.15, 0.2) is 71.3 Å². The quantitative estimate of drug-likeness (QED) is 0.481. The van der Waals surface area contributed by atoms with Crippen molar-refractivity contribution >= 4 is 16.7 Å². The third-order valence-corrected chi connectivity index (χ3v) is 5.83. The van der Waals surface area contributed by atoms with Gasteiger partial charge in [0, 0.05) is 37.3 Å². The van der Waals surface area contributed by atoms with Gasteiger partial charge in [-0.2, -0.15) is 4.98 Å². The van der Waals surface area contributed by atoms with Crippen LogP contribution in [0.3, 0.4) is 0 Å². The number of nitrogens with zero attached hydrogens (tertiary/aromatic N) is 4. The Kier molecular flexibility index (Phi) is 5.56. The van der Waals surface area contributed by atoms with E-state index in [1.807, 2.05) is 65.6 Å². The van der Waals surface area contributed by atoms with Crippen molar-refractivity contribution in [3.63, 3.8) is 0 Å². The number of ether oxygens (including phenoxy) is 1. The number of amides is 1. The highest BCUT2D eigenvalue weighted by Crippen LogP contribution is 2.21. The van der Waals surface area contributed by atoms with Crippen LogP contribution in [0, 0.1) is 0 Å². The standard InChI is InChI=1S/C25H24N4O3/c1-31-22-10-8-19(9-11-22)24-26-23(27-32-24)17-28-12-14-29(15-13-28)25(30)21-7-6-18-4-2-3-5-20(18)16-21/h2-11,16H,12-15,17H2,1H3. The smallest absolute Gasteiger partial charge is 0.257 e. The predicted octanol–water partition coefficient (Wildman–Crippen LogP) is 3.86. The van der Waals surface area contributed by atoms with Gasteiger partial charge in [0.25, 0.3) is 11.8 Å². The lowest BCUT2D eigenvalue weighted by molar-refractivity contribution is 0.0624. The molecule has 4 aromatic rings. The topological polar surface area (TPSA) is 71.7 Å². The van der Waals surface area contributed by atoms with Crippen LogP contribution in [0.1, 0.15) is 16.2 Å². The van der Waals surface area contributed by atoms with Crippen molar-refractivity contribution in [2.45, 2.75) is 6.54 Å². The van der Waals surface area contributed by atoms with Crippen LogP contribution >= 0.6 is 0 Å². The molecule has 32 heavy (non-hydrogen) atoms. The first kappa shape index (κ1) is 20.2. The van der Waals surface area contributed by atoms with Crippen LogP contribution in [0.4, 0.5) is 0 Å². The molecular formula is C25H24N4O3. The fraction of sp³-hybridized carbons (Fsp3) is 0.240. The lowest BCUT2D eigenvalue weighted by atomic mass is 10.1. The molecule has 1 saturated heterocycles. The summed E-state index contributed by atoms with van der Waals surface area (Å²) in [6, 6.07) is 21.5. The molecule has 0 radical (unpaired) electrons. The Balaban J connectivity index is 1.18. The molecule has 0 unspecified atom stereocenters.